The van der Waals surface area contributed by atoms with Gasteiger partial charge in [-0.3, -0.25) is 14.4 Å². The van der Waals surface area contributed by atoms with Crippen LogP contribution in [0.3, 0.4) is 0 Å². The van der Waals surface area contributed by atoms with E-state index in [0.717, 1.165) is 26.8 Å². The smallest absolute Gasteiger partial charge is 0.272 e. The average Bonchev–Trinajstić information content (AvgIpc) is 3.06. The van der Waals surface area contributed by atoms with Crippen molar-refractivity contribution in [1.82, 2.24) is 5.32 Å². The first-order valence-corrected chi connectivity index (χ1v) is 15.8. The molecule has 5 rings (SSSR count). The van der Waals surface area contributed by atoms with E-state index in [-0.39, 0.29) is 16.9 Å². The summed E-state index contributed by atoms with van der Waals surface area (Å²) in [6.45, 7) is 3.82. The maximum absolute atomic E-state index is 13.7. The maximum atomic E-state index is 13.7. The highest BCUT2D eigenvalue weighted by Gasteiger charge is 2.20. The lowest BCUT2D eigenvalue weighted by molar-refractivity contribution is -0.116. The van der Waals surface area contributed by atoms with Gasteiger partial charge in [0, 0.05) is 26.9 Å². The fraction of sp³-hybridized carbons (Fsp3) is 0.108. The Kier molecular flexibility index (Phi) is 10.3. The molecule has 0 aliphatic heterocycles. The Balaban J connectivity index is 1.37. The van der Waals surface area contributed by atoms with Crippen LogP contribution in [0.15, 0.2) is 126 Å². The number of anilines is 2. The Morgan fingerprint density at radius 2 is 1.53 bits per heavy atom. The van der Waals surface area contributed by atoms with Gasteiger partial charge >= 0.3 is 0 Å². The lowest BCUT2D eigenvalue weighted by atomic mass is 10.0. The van der Waals surface area contributed by atoms with Crippen molar-refractivity contribution in [2.24, 2.45) is 0 Å². The molecule has 3 amide bonds. The first-order valence-electron chi connectivity index (χ1n) is 14.5. The lowest BCUT2D eigenvalue weighted by Gasteiger charge is -2.17. The van der Waals surface area contributed by atoms with Crippen LogP contribution in [-0.4, -0.2) is 23.0 Å². The topological polar surface area (TPSA) is 87.3 Å². The molecule has 226 valence electrons. The van der Waals surface area contributed by atoms with Crippen molar-refractivity contribution >= 4 is 69.3 Å². The van der Waals surface area contributed by atoms with Crippen molar-refractivity contribution in [2.45, 2.75) is 30.4 Å². The monoisotopic (exact) mass is 633 g/mol. The Morgan fingerprint density at radius 1 is 0.822 bits per heavy atom. The molecule has 45 heavy (non-hydrogen) atoms. The molecule has 0 spiro atoms. The third-order valence-corrected chi connectivity index (χ3v) is 8.98. The summed E-state index contributed by atoms with van der Waals surface area (Å²) in [6.07, 6.45) is 2.28. The number of nitrogens with one attached hydrogen (secondary N) is 3. The fourth-order valence-electron chi connectivity index (χ4n) is 4.76. The molecule has 0 fully saturated rings. The minimum absolute atomic E-state index is 0.0981. The van der Waals surface area contributed by atoms with Crippen LogP contribution in [0.4, 0.5) is 11.4 Å². The fourth-order valence-corrected chi connectivity index (χ4v) is 5.95. The van der Waals surface area contributed by atoms with Gasteiger partial charge in [0.15, 0.2) is 0 Å². The van der Waals surface area contributed by atoms with Crippen LogP contribution in [0, 0.1) is 6.92 Å². The first kappa shape index (κ1) is 31.6. The van der Waals surface area contributed by atoms with E-state index in [0.29, 0.717) is 28.4 Å². The number of fused-ring (bicyclic) bond motifs is 1. The van der Waals surface area contributed by atoms with Crippen molar-refractivity contribution in [3.05, 3.63) is 143 Å². The Bertz CT molecular complexity index is 1890. The van der Waals surface area contributed by atoms with Crippen molar-refractivity contribution < 1.29 is 14.4 Å². The number of carbonyl (C=O) groups is 3. The summed E-state index contributed by atoms with van der Waals surface area (Å²) in [4.78, 5) is 40.8. The highest BCUT2D eigenvalue weighted by atomic mass is 35.5. The molecule has 1 atom stereocenters. The molecule has 5 aromatic carbocycles. The first-order chi connectivity index (χ1) is 21.8. The van der Waals surface area contributed by atoms with Crippen LogP contribution in [0.25, 0.3) is 16.8 Å². The molecule has 6 nitrogen and oxygen atoms in total. The van der Waals surface area contributed by atoms with E-state index >= 15 is 0 Å². The van der Waals surface area contributed by atoms with E-state index in [1.165, 1.54) is 11.8 Å². The molecule has 0 aromatic heterocycles. The van der Waals surface area contributed by atoms with E-state index in [9.17, 15) is 14.4 Å². The number of rotatable bonds is 10. The molecule has 1 unspecified atom stereocenters. The van der Waals surface area contributed by atoms with Gasteiger partial charge in [-0.25, -0.2) is 0 Å². The zero-order valence-electron chi connectivity index (χ0n) is 24.8. The summed E-state index contributed by atoms with van der Waals surface area (Å²) < 4.78 is 0. The second-order valence-corrected chi connectivity index (χ2v) is 12.0. The molecule has 8 heteroatoms. The van der Waals surface area contributed by atoms with Gasteiger partial charge in [-0.05, 0) is 83.8 Å². The Hall–Kier alpha value is -4.85. The van der Waals surface area contributed by atoms with Crippen LogP contribution in [0.1, 0.15) is 34.8 Å². The number of thioether (sulfide) groups is 1. The second-order valence-electron chi connectivity index (χ2n) is 10.3. The summed E-state index contributed by atoms with van der Waals surface area (Å²) in [5.41, 5.74) is 3.34. The summed E-state index contributed by atoms with van der Waals surface area (Å²) in [7, 11) is 0. The predicted octanol–water partition coefficient (Wildman–Crippen LogP) is 8.72. The zero-order chi connectivity index (χ0) is 31.8. The average molecular weight is 634 g/mol. The minimum atomic E-state index is -0.476. The molecule has 0 heterocycles. The number of benzene rings is 5. The lowest BCUT2D eigenvalue weighted by Crippen LogP contribution is -2.30. The largest absolute Gasteiger partial charge is 0.325 e. The Morgan fingerprint density at radius 3 is 2.33 bits per heavy atom. The second kappa shape index (κ2) is 14.8. The van der Waals surface area contributed by atoms with E-state index in [1.807, 2.05) is 86.6 Å². The van der Waals surface area contributed by atoms with E-state index in [4.69, 9.17) is 11.6 Å². The van der Waals surface area contributed by atoms with Gasteiger partial charge in [-0.15, -0.1) is 11.8 Å². The molecule has 0 aliphatic carbocycles. The quantitative estimate of drug-likeness (QED) is 0.106. The van der Waals surface area contributed by atoms with Crippen molar-refractivity contribution in [3.8, 4) is 0 Å². The molecule has 3 N–H and O–H groups in total. The molecular weight excluding hydrogens is 602 g/mol. The van der Waals surface area contributed by atoms with Crippen molar-refractivity contribution in [1.29, 1.82) is 0 Å². The number of halogens is 1. The van der Waals surface area contributed by atoms with Crippen LogP contribution in [0.2, 0.25) is 5.02 Å². The van der Waals surface area contributed by atoms with Gasteiger partial charge in [0.25, 0.3) is 11.8 Å². The molecule has 0 saturated heterocycles. The third kappa shape index (κ3) is 8.01. The molecule has 0 saturated carbocycles. The normalized spacial score (nSPS) is 11.9. The third-order valence-electron chi connectivity index (χ3n) is 7.21. The van der Waals surface area contributed by atoms with Crippen LogP contribution < -0.4 is 16.0 Å². The van der Waals surface area contributed by atoms with Gasteiger partial charge in [0.05, 0.1) is 5.25 Å². The SMILES string of the molecule is CCC(Sc1cccc(NC(=O)/C(=C\c2cccc3ccccc23)NC(=O)c2ccccc2)c1)C(=O)Nc1cccc(Cl)c1C. The summed E-state index contributed by atoms with van der Waals surface area (Å²) >= 11 is 7.64. The predicted molar refractivity (Wildman–Crippen MR) is 186 cm³/mol. The molecule has 0 aliphatic rings. The van der Waals surface area contributed by atoms with Gasteiger partial charge in [0.2, 0.25) is 5.91 Å². The van der Waals surface area contributed by atoms with Crippen LogP contribution in [0.5, 0.6) is 0 Å². The molecule has 0 bridgehead atoms. The number of carbonyl (C=O) groups excluding carboxylic acids is 3. The zero-order valence-corrected chi connectivity index (χ0v) is 26.4. The van der Waals surface area contributed by atoms with Crippen LogP contribution >= 0.6 is 23.4 Å². The van der Waals surface area contributed by atoms with E-state index in [1.54, 1.807) is 48.5 Å². The van der Waals surface area contributed by atoms with Gasteiger partial charge in [-0.2, -0.15) is 0 Å². The number of hydrogen-bond donors (Lipinski definition) is 3. The standard InChI is InChI=1S/C37H32ClN3O3S/c1-3-34(37(44)40-32-21-11-20-31(38)24(32)2)45-29-18-10-17-28(23-29)39-36(43)33(41-35(42)26-13-5-4-6-14-26)22-27-16-9-15-25-12-7-8-19-30(25)27/h4-23,34H,3H2,1-2H3,(H,39,43)(H,40,44)(H,41,42)/b33-22+. The number of hydrogen-bond acceptors (Lipinski definition) is 4. The van der Waals surface area contributed by atoms with E-state index < -0.39 is 11.8 Å². The molecule has 0 radical (unpaired) electrons. The highest BCUT2D eigenvalue weighted by Crippen LogP contribution is 2.30. The molecular formula is C37H32ClN3O3S. The Labute approximate surface area is 271 Å². The van der Waals surface area contributed by atoms with Crippen LogP contribution in [-0.2, 0) is 9.59 Å². The maximum Gasteiger partial charge on any atom is 0.272 e. The van der Waals surface area contributed by atoms with Gasteiger partial charge in [-0.1, -0.05) is 91.3 Å². The van der Waals surface area contributed by atoms with E-state index in [2.05, 4.69) is 16.0 Å². The van der Waals surface area contributed by atoms with Crippen molar-refractivity contribution in [2.75, 3.05) is 10.6 Å². The van der Waals surface area contributed by atoms with Gasteiger partial charge < -0.3 is 16.0 Å². The van der Waals surface area contributed by atoms with Crippen molar-refractivity contribution in [3.63, 3.8) is 0 Å². The van der Waals surface area contributed by atoms with Gasteiger partial charge in [0.1, 0.15) is 5.70 Å². The summed E-state index contributed by atoms with van der Waals surface area (Å²) in [5.74, 6) is -1.00. The summed E-state index contributed by atoms with van der Waals surface area (Å²) in [5, 5.41) is 10.9. The minimum Gasteiger partial charge on any atom is -0.325 e. The number of amides is 3. The molecule has 5 aromatic rings. The highest BCUT2D eigenvalue weighted by molar-refractivity contribution is 8.00. The summed E-state index contributed by atoms with van der Waals surface area (Å²) in [6, 6.07) is 35.1.